The van der Waals surface area contributed by atoms with Crippen molar-refractivity contribution in [3.05, 3.63) is 101 Å². The van der Waals surface area contributed by atoms with Crippen LogP contribution in [0.4, 0.5) is 0 Å². The molecule has 0 saturated heterocycles. The summed E-state index contributed by atoms with van der Waals surface area (Å²) in [6.45, 7) is 2.31. The summed E-state index contributed by atoms with van der Waals surface area (Å²) < 4.78 is 23.3. The molecule has 234 valence electrons. The van der Waals surface area contributed by atoms with Gasteiger partial charge in [-0.25, -0.2) is 0 Å². The lowest BCUT2D eigenvalue weighted by Gasteiger charge is -2.37. The van der Waals surface area contributed by atoms with Crippen molar-refractivity contribution in [3.63, 3.8) is 0 Å². The third kappa shape index (κ3) is 6.68. The van der Waals surface area contributed by atoms with Crippen LogP contribution in [0.5, 0.6) is 17.2 Å². The van der Waals surface area contributed by atoms with Crippen molar-refractivity contribution >= 4 is 17.5 Å². The van der Waals surface area contributed by atoms with Crippen molar-refractivity contribution in [2.45, 2.75) is 76.4 Å². The van der Waals surface area contributed by atoms with Gasteiger partial charge in [0.05, 0.1) is 14.2 Å². The molecule has 3 aliphatic rings. The number of allylic oxidation sites excluding steroid dienone is 2. The monoisotopic (exact) mass is 607 g/mol. The van der Waals surface area contributed by atoms with Crippen molar-refractivity contribution in [1.82, 2.24) is 0 Å². The van der Waals surface area contributed by atoms with Gasteiger partial charge in [0, 0.05) is 29.3 Å². The largest absolute Gasteiger partial charge is 0.493 e. The second kappa shape index (κ2) is 13.7. The lowest BCUT2D eigenvalue weighted by atomic mass is 9.69. The molecule has 2 aliphatic carbocycles. The van der Waals surface area contributed by atoms with E-state index in [0.717, 1.165) is 48.1 Å². The van der Waals surface area contributed by atoms with Crippen LogP contribution in [0.1, 0.15) is 80.4 Å². The molecule has 3 atom stereocenters. The van der Waals surface area contributed by atoms with Crippen LogP contribution in [0.15, 0.2) is 89.1 Å². The van der Waals surface area contributed by atoms with E-state index in [1.807, 2.05) is 79.7 Å². The molecule has 0 N–H and O–H groups in total. The summed E-state index contributed by atoms with van der Waals surface area (Å²) in [4.78, 5) is 33.1. The maximum atomic E-state index is 14.2. The number of esters is 1. The lowest BCUT2D eigenvalue weighted by Crippen LogP contribution is -2.39. The van der Waals surface area contributed by atoms with Gasteiger partial charge in [-0.1, -0.05) is 55.0 Å². The quantitative estimate of drug-likeness (QED) is 0.232. The number of rotatable bonds is 9. The Bertz CT molecular complexity index is 1600. The zero-order valence-electron chi connectivity index (χ0n) is 26.3. The molecule has 7 heteroatoms. The number of Topliss-reactive ketones (excluding diaryl/α,β-unsaturated/α-hetero) is 1. The summed E-state index contributed by atoms with van der Waals surface area (Å²) in [7, 11) is 3.22. The van der Waals surface area contributed by atoms with Gasteiger partial charge in [-0.3, -0.25) is 14.6 Å². The molecular formula is C38H41NO6. The predicted molar refractivity (Wildman–Crippen MR) is 173 cm³/mol. The smallest absolute Gasteiger partial charge is 0.315 e. The summed E-state index contributed by atoms with van der Waals surface area (Å²) in [6.07, 6.45) is 5.85. The number of methoxy groups -OCH3 is 2. The summed E-state index contributed by atoms with van der Waals surface area (Å²) in [5.74, 6) is 0.395. The van der Waals surface area contributed by atoms with Crippen LogP contribution in [0.3, 0.4) is 0 Å². The Kier molecular flexibility index (Phi) is 9.34. The molecule has 7 nitrogen and oxygen atoms in total. The number of carbonyl (C=O) groups excluding carboxylic acids is 2. The van der Waals surface area contributed by atoms with E-state index in [2.05, 4.69) is 0 Å². The first-order chi connectivity index (χ1) is 21.9. The minimum absolute atomic E-state index is 0.00311. The van der Waals surface area contributed by atoms with Gasteiger partial charge in [0.15, 0.2) is 17.3 Å². The molecule has 0 radical (unpaired) electrons. The van der Waals surface area contributed by atoms with Gasteiger partial charge in [0.25, 0.3) is 0 Å². The number of aliphatic imine (C=N–C) groups is 1. The first-order valence-corrected chi connectivity index (χ1v) is 16.0. The van der Waals surface area contributed by atoms with Crippen molar-refractivity contribution in [3.8, 4) is 17.2 Å². The van der Waals surface area contributed by atoms with Gasteiger partial charge in [-0.15, -0.1) is 0 Å². The van der Waals surface area contributed by atoms with Crippen molar-refractivity contribution in [2.24, 2.45) is 10.9 Å². The highest BCUT2D eigenvalue weighted by Crippen LogP contribution is 2.48. The average molecular weight is 608 g/mol. The number of hydrogen-bond acceptors (Lipinski definition) is 7. The molecule has 1 unspecified atom stereocenters. The Balaban J connectivity index is 1.35. The van der Waals surface area contributed by atoms with Gasteiger partial charge in [-0.2, -0.15) is 0 Å². The first-order valence-electron chi connectivity index (χ1n) is 16.0. The third-order valence-corrected chi connectivity index (χ3v) is 9.32. The van der Waals surface area contributed by atoms with E-state index >= 15 is 0 Å². The Morgan fingerprint density at radius 1 is 0.844 bits per heavy atom. The fourth-order valence-corrected chi connectivity index (χ4v) is 7.03. The predicted octanol–water partition coefficient (Wildman–Crippen LogP) is 7.73. The van der Waals surface area contributed by atoms with Gasteiger partial charge in [-0.05, 0) is 85.9 Å². The van der Waals surface area contributed by atoms with Crippen molar-refractivity contribution in [1.29, 1.82) is 0 Å². The SMILES string of the molecule is COc1ccc([C@@H]2CC(=O)C3=C(C2)N=C(C)C(C(=O)OC2CCCCC2)[C@@H]3c2cccc(OCc3ccccc3)c2)cc1OC. The molecule has 0 aromatic heterocycles. The molecule has 45 heavy (non-hydrogen) atoms. The van der Waals surface area contributed by atoms with Crippen molar-refractivity contribution in [2.75, 3.05) is 14.2 Å². The molecule has 3 aromatic carbocycles. The average Bonchev–Trinajstić information content (AvgIpc) is 3.07. The van der Waals surface area contributed by atoms with Crippen LogP contribution in [0.2, 0.25) is 0 Å². The molecule has 0 bridgehead atoms. The van der Waals surface area contributed by atoms with E-state index in [1.165, 1.54) is 6.42 Å². The Morgan fingerprint density at radius 2 is 1.62 bits per heavy atom. The second-order valence-corrected chi connectivity index (χ2v) is 12.3. The lowest BCUT2D eigenvalue weighted by molar-refractivity contribution is -0.153. The fraction of sp³-hybridized carbons (Fsp3) is 0.395. The second-order valence-electron chi connectivity index (χ2n) is 12.3. The van der Waals surface area contributed by atoms with Gasteiger partial charge >= 0.3 is 5.97 Å². The summed E-state index contributed by atoms with van der Waals surface area (Å²) in [6, 6.07) is 23.6. The number of benzene rings is 3. The Labute approximate surface area is 265 Å². The molecule has 0 spiro atoms. The minimum Gasteiger partial charge on any atom is -0.493 e. The van der Waals surface area contributed by atoms with E-state index in [0.29, 0.717) is 48.0 Å². The number of ether oxygens (including phenoxy) is 4. The normalized spacial score (nSPS) is 21.9. The summed E-state index contributed by atoms with van der Waals surface area (Å²) >= 11 is 0. The molecule has 1 aliphatic heterocycles. The molecule has 1 fully saturated rings. The highest BCUT2D eigenvalue weighted by molar-refractivity contribution is 6.09. The van der Waals surface area contributed by atoms with E-state index in [4.69, 9.17) is 23.9 Å². The topological polar surface area (TPSA) is 83.4 Å². The molecule has 1 saturated carbocycles. The van der Waals surface area contributed by atoms with Crippen LogP contribution in [0.25, 0.3) is 0 Å². The maximum Gasteiger partial charge on any atom is 0.315 e. The van der Waals surface area contributed by atoms with Crippen LogP contribution in [-0.4, -0.2) is 37.8 Å². The van der Waals surface area contributed by atoms with Crippen LogP contribution < -0.4 is 14.2 Å². The highest BCUT2D eigenvalue weighted by atomic mass is 16.5. The fourth-order valence-electron chi connectivity index (χ4n) is 7.03. The standard InChI is InChI=1S/C38H41NO6/c1-24-35(38(41)45-29-14-8-5-9-15-29)36(27-13-10-16-30(19-27)44-23-25-11-6-4-7-12-25)37-31(39-24)20-28(21-32(37)40)26-17-18-33(42-2)34(22-26)43-3/h4,6-7,10-13,16-19,22,28-29,35-36H,5,8-9,14-15,20-21,23H2,1-3H3/t28-,35?,36-/m0/s1. The zero-order valence-corrected chi connectivity index (χ0v) is 26.3. The molecular weight excluding hydrogens is 566 g/mol. The van der Waals surface area contributed by atoms with Crippen molar-refractivity contribution < 1.29 is 28.5 Å². The van der Waals surface area contributed by atoms with Crippen LogP contribution >= 0.6 is 0 Å². The maximum absolute atomic E-state index is 14.2. The van der Waals surface area contributed by atoms with Crippen LogP contribution in [-0.2, 0) is 20.9 Å². The summed E-state index contributed by atoms with van der Waals surface area (Å²) in [5, 5.41) is 0. The van der Waals surface area contributed by atoms with Crippen LogP contribution in [0, 0.1) is 5.92 Å². The zero-order chi connectivity index (χ0) is 31.3. The highest BCUT2D eigenvalue weighted by Gasteiger charge is 2.45. The number of carbonyl (C=O) groups is 2. The minimum atomic E-state index is -0.684. The Hall–Kier alpha value is -4.39. The van der Waals surface area contributed by atoms with Gasteiger partial charge in [0.2, 0.25) is 0 Å². The third-order valence-electron chi connectivity index (χ3n) is 9.32. The first kappa shape index (κ1) is 30.6. The molecule has 0 amide bonds. The van der Waals surface area contributed by atoms with E-state index in [9.17, 15) is 9.59 Å². The molecule has 3 aromatic rings. The number of hydrogen-bond donors (Lipinski definition) is 0. The summed E-state index contributed by atoms with van der Waals surface area (Å²) in [5.41, 5.74) is 4.94. The van der Waals surface area contributed by atoms with Gasteiger partial charge in [0.1, 0.15) is 24.4 Å². The number of ketones is 1. The molecule has 6 rings (SSSR count). The van der Waals surface area contributed by atoms with Gasteiger partial charge < -0.3 is 18.9 Å². The molecule has 1 heterocycles. The van der Waals surface area contributed by atoms with E-state index in [-0.39, 0.29) is 23.8 Å². The number of nitrogens with zero attached hydrogens (tertiary/aromatic N) is 1. The van der Waals surface area contributed by atoms with E-state index < -0.39 is 11.8 Å². The Morgan fingerprint density at radius 3 is 2.38 bits per heavy atom. The van der Waals surface area contributed by atoms with E-state index in [1.54, 1.807) is 14.2 Å².